The molecule has 0 spiro atoms. The predicted octanol–water partition coefficient (Wildman–Crippen LogP) is 2.24. The maximum atomic E-state index is 12.3. The third-order valence-electron chi connectivity index (χ3n) is 3.40. The van der Waals surface area contributed by atoms with Crippen LogP contribution in [0.3, 0.4) is 0 Å². The van der Waals surface area contributed by atoms with Crippen LogP contribution < -0.4 is 11.1 Å². The molecule has 0 atom stereocenters. The highest BCUT2D eigenvalue weighted by molar-refractivity contribution is 5.88. The van der Waals surface area contributed by atoms with Crippen LogP contribution in [-0.2, 0) is 10.2 Å². The minimum absolute atomic E-state index is 0. The van der Waals surface area contributed by atoms with Gasteiger partial charge in [0.25, 0.3) is 0 Å². The van der Waals surface area contributed by atoms with E-state index in [4.69, 9.17) is 5.73 Å². The molecule has 0 aromatic heterocycles. The Morgan fingerprint density at radius 1 is 1.22 bits per heavy atom. The highest BCUT2D eigenvalue weighted by Crippen LogP contribution is 2.31. The molecule has 1 rings (SSSR count). The summed E-state index contributed by atoms with van der Waals surface area (Å²) in [5.41, 5.74) is 6.09. The molecule has 0 saturated heterocycles. The van der Waals surface area contributed by atoms with Crippen molar-refractivity contribution in [3.63, 3.8) is 0 Å². The molecule has 18 heavy (non-hydrogen) atoms. The highest BCUT2D eigenvalue weighted by Gasteiger charge is 2.36. The van der Waals surface area contributed by atoms with Crippen molar-refractivity contribution in [3.05, 3.63) is 35.9 Å². The first-order chi connectivity index (χ1) is 8.21. The maximum Gasteiger partial charge on any atom is 0.230 e. The van der Waals surface area contributed by atoms with Crippen molar-refractivity contribution in [2.45, 2.75) is 32.1 Å². The third-order valence-corrected chi connectivity index (χ3v) is 3.40. The summed E-state index contributed by atoms with van der Waals surface area (Å²) in [6.45, 7) is 5.12. The number of carbonyl (C=O) groups excluding carboxylic acids is 1. The van der Waals surface area contributed by atoms with E-state index in [-0.39, 0.29) is 18.3 Å². The molecule has 0 bridgehead atoms. The molecule has 1 aromatic rings. The Bertz CT molecular complexity index is 350. The summed E-state index contributed by atoms with van der Waals surface area (Å²) < 4.78 is 0. The van der Waals surface area contributed by atoms with Crippen LogP contribution in [0.1, 0.15) is 32.3 Å². The van der Waals surface area contributed by atoms with E-state index in [1.54, 1.807) is 0 Å². The molecule has 1 aromatic carbocycles. The second-order valence-electron chi connectivity index (χ2n) is 4.20. The van der Waals surface area contributed by atoms with Gasteiger partial charge in [0.15, 0.2) is 0 Å². The first-order valence-corrected chi connectivity index (χ1v) is 6.25. The van der Waals surface area contributed by atoms with Crippen LogP contribution in [0.25, 0.3) is 0 Å². The summed E-state index contributed by atoms with van der Waals surface area (Å²) in [4.78, 5) is 12.3. The van der Waals surface area contributed by atoms with Crippen LogP contribution in [0, 0.1) is 0 Å². The van der Waals surface area contributed by atoms with Gasteiger partial charge in [-0.3, -0.25) is 4.79 Å². The number of benzene rings is 1. The smallest absolute Gasteiger partial charge is 0.230 e. The fraction of sp³-hybridized carbons (Fsp3) is 0.500. The first-order valence-electron chi connectivity index (χ1n) is 6.25. The van der Waals surface area contributed by atoms with Crippen LogP contribution in [0.15, 0.2) is 30.3 Å². The number of rotatable bonds is 6. The minimum atomic E-state index is -0.420. The van der Waals surface area contributed by atoms with Gasteiger partial charge in [-0.2, -0.15) is 0 Å². The molecule has 1 amide bonds. The Morgan fingerprint density at radius 2 is 1.78 bits per heavy atom. The van der Waals surface area contributed by atoms with Gasteiger partial charge in [-0.1, -0.05) is 44.2 Å². The summed E-state index contributed by atoms with van der Waals surface area (Å²) in [7, 11) is 0. The van der Waals surface area contributed by atoms with E-state index in [9.17, 15) is 4.79 Å². The maximum absolute atomic E-state index is 12.3. The third kappa shape index (κ3) is 3.47. The van der Waals surface area contributed by atoms with E-state index in [1.807, 2.05) is 30.3 Å². The zero-order valence-electron chi connectivity index (χ0n) is 11.1. The van der Waals surface area contributed by atoms with Crippen LogP contribution in [-0.4, -0.2) is 19.0 Å². The number of halogens is 1. The topological polar surface area (TPSA) is 55.1 Å². The van der Waals surface area contributed by atoms with Crippen molar-refractivity contribution >= 4 is 18.3 Å². The quantitative estimate of drug-likeness (QED) is 0.833. The van der Waals surface area contributed by atoms with Gasteiger partial charge >= 0.3 is 0 Å². The van der Waals surface area contributed by atoms with Crippen molar-refractivity contribution in [1.29, 1.82) is 0 Å². The number of carbonyl (C=O) groups is 1. The van der Waals surface area contributed by atoms with Crippen molar-refractivity contribution in [1.82, 2.24) is 5.32 Å². The van der Waals surface area contributed by atoms with E-state index in [0.717, 1.165) is 18.4 Å². The van der Waals surface area contributed by atoms with Gasteiger partial charge in [-0.15, -0.1) is 12.4 Å². The molecule has 0 aliphatic carbocycles. The van der Waals surface area contributed by atoms with Crippen molar-refractivity contribution in [2.75, 3.05) is 13.1 Å². The second kappa shape index (κ2) is 8.11. The number of hydrogen-bond acceptors (Lipinski definition) is 2. The first kappa shape index (κ1) is 16.9. The van der Waals surface area contributed by atoms with E-state index in [2.05, 4.69) is 19.2 Å². The molecule has 3 N–H and O–H groups in total. The molecule has 4 heteroatoms. The average Bonchev–Trinajstić information content (AvgIpc) is 2.39. The molecule has 3 nitrogen and oxygen atoms in total. The number of nitrogens with two attached hydrogens (primary N) is 1. The lowest BCUT2D eigenvalue weighted by molar-refractivity contribution is -0.127. The molecule has 102 valence electrons. The summed E-state index contributed by atoms with van der Waals surface area (Å²) in [6, 6.07) is 9.97. The van der Waals surface area contributed by atoms with E-state index < -0.39 is 5.41 Å². The van der Waals surface area contributed by atoms with Gasteiger partial charge in [0.1, 0.15) is 0 Å². The SMILES string of the molecule is CCC(CC)(C(=O)NCCN)c1ccccc1.Cl. The largest absolute Gasteiger partial charge is 0.354 e. The molecule has 0 heterocycles. The Morgan fingerprint density at radius 3 is 2.22 bits per heavy atom. The minimum Gasteiger partial charge on any atom is -0.354 e. The molecular weight excluding hydrogens is 248 g/mol. The Balaban J connectivity index is 0.00000289. The highest BCUT2D eigenvalue weighted by atomic mass is 35.5. The summed E-state index contributed by atoms with van der Waals surface area (Å²) in [5, 5.41) is 2.91. The molecule has 0 radical (unpaired) electrons. The summed E-state index contributed by atoms with van der Waals surface area (Å²) >= 11 is 0. The zero-order valence-corrected chi connectivity index (χ0v) is 11.9. The van der Waals surface area contributed by atoms with Gasteiger partial charge in [0, 0.05) is 13.1 Å². The van der Waals surface area contributed by atoms with Gasteiger partial charge in [-0.25, -0.2) is 0 Å². The number of amides is 1. The van der Waals surface area contributed by atoms with Gasteiger partial charge in [0.05, 0.1) is 5.41 Å². The van der Waals surface area contributed by atoms with E-state index >= 15 is 0 Å². The normalized spacial score (nSPS) is 10.6. The molecule has 0 aliphatic heterocycles. The monoisotopic (exact) mass is 270 g/mol. The van der Waals surface area contributed by atoms with E-state index in [1.165, 1.54) is 0 Å². The Labute approximate surface area is 116 Å². The Kier molecular flexibility index (Phi) is 7.64. The lowest BCUT2D eigenvalue weighted by Crippen LogP contribution is -2.45. The van der Waals surface area contributed by atoms with Crippen LogP contribution in [0.5, 0.6) is 0 Å². The fourth-order valence-electron chi connectivity index (χ4n) is 2.22. The molecule has 0 aliphatic rings. The predicted molar refractivity (Wildman–Crippen MR) is 78.0 cm³/mol. The number of nitrogens with one attached hydrogen (secondary N) is 1. The van der Waals surface area contributed by atoms with Crippen molar-refractivity contribution in [2.24, 2.45) is 5.73 Å². The molecule has 0 saturated carbocycles. The molecule has 0 fully saturated rings. The van der Waals surface area contributed by atoms with E-state index in [0.29, 0.717) is 13.1 Å². The lowest BCUT2D eigenvalue weighted by atomic mass is 9.75. The van der Waals surface area contributed by atoms with Gasteiger partial charge in [0.2, 0.25) is 5.91 Å². The zero-order chi connectivity index (χ0) is 12.7. The average molecular weight is 271 g/mol. The summed E-state index contributed by atoms with van der Waals surface area (Å²) in [6.07, 6.45) is 1.59. The van der Waals surface area contributed by atoms with Gasteiger partial charge in [-0.05, 0) is 18.4 Å². The Hall–Kier alpha value is -1.06. The molecular formula is C14H23ClN2O. The molecule has 0 unspecified atom stereocenters. The number of hydrogen-bond donors (Lipinski definition) is 2. The second-order valence-corrected chi connectivity index (χ2v) is 4.20. The van der Waals surface area contributed by atoms with Crippen LogP contribution in [0.2, 0.25) is 0 Å². The standard InChI is InChI=1S/C14H22N2O.ClH/c1-3-14(4-2,13(17)16-11-10-15)12-8-6-5-7-9-12;/h5-9H,3-4,10-11,15H2,1-2H3,(H,16,17);1H. The lowest BCUT2D eigenvalue weighted by Gasteiger charge is -2.30. The fourth-order valence-corrected chi connectivity index (χ4v) is 2.22. The van der Waals surface area contributed by atoms with Crippen LogP contribution >= 0.6 is 12.4 Å². The summed E-state index contributed by atoms with van der Waals surface area (Å²) in [5.74, 6) is 0.0825. The van der Waals surface area contributed by atoms with Crippen LogP contribution in [0.4, 0.5) is 0 Å². The van der Waals surface area contributed by atoms with Crippen molar-refractivity contribution in [3.8, 4) is 0 Å². The van der Waals surface area contributed by atoms with Crippen molar-refractivity contribution < 1.29 is 4.79 Å². The van der Waals surface area contributed by atoms with Gasteiger partial charge < -0.3 is 11.1 Å².